The fourth-order valence-electron chi connectivity index (χ4n) is 3.40. The molecule has 0 heterocycles. The summed E-state index contributed by atoms with van der Waals surface area (Å²) in [5.41, 5.74) is -6.34. The van der Waals surface area contributed by atoms with Crippen LogP contribution < -0.4 is 4.74 Å². The van der Waals surface area contributed by atoms with Gasteiger partial charge in [0.1, 0.15) is 11.4 Å². The number of rotatable bonds is 6. The number of hydrogen-bond acceptors (Lipinski definition) is 4. The van der Waals surface area contributed by atoms with Gasteiger partial charge in [-0.2, -0.15) is 26.3 Å². The second-order valence-electron chi connectivity index (χ2n) is 8.94. The van der Waals surface area contributed by atoms with Gasteiger partial charge in [0.15, 0.2) is 0 Å². The van der Waals surface area contributed by atoms with E-state index >= 15 is 0 Å². The molecule has 0 aliphatic carbocycles. The SMILES string of the molecule is CC(C)(C)Oc1ccc(S(OC(=O)C(O)(C(F)(F)F)C(F)(F)F)(c2ccccc2)c2ccccc2)cc1. The third kappa shape index (κ3) is 5.57. The molecule has 11 heteroatoms. The number of aliphatic hydroxyl groups is 1. The van der Waals surface area contributed by atoms with Crippen molar-refractivity contribution in [2.45, 2.75) is 59.0 Å². The fraction of sp³-hybridized carbons (Fsp3) is 0.269. The van der Waals surface area contributed by atoms with Gasteiger partial charge in [-0.15, -0.1) is 0 Å². The summed E-state index contributed by atoms with van der Waals surface area (Å²) in [5.74, 6) is -2.51. The van der Waals surface area contributed by atoms with Gasteiger partial charge in [-0.1, -0.05) is 36.4 Å². The van der Waals surface area contributed by atoms with Crippen LogP contribution in [-0.4, -0.2) is 34.6 Å². The summed E-state index contributed by atoms with van der Waals surface area (Å²) < 4.78 is 92.4. The molecule has 0 aromatic heterocycles. The molecule has 0 amide bonds. The molecule has 0 saturated heterocycles. The molecule has 0 aliphatic heterocycles. The second kappa shape index (κ2) is 9.94. The van der Waals surface area contributed by atoms with E-state index in [0.717, 1.165) is 0 Å². The third-order valence-electron chi connectivity index (χ3n) is 5.05. The molecule has 3 aromatic rings. The van der Waals surface area contributed by atoms with Gasteiger partial charge < -0.3 is 14.0 Å². The number of carbonyl (C=O) groups is 1. The van der Waals surface area contributed by atoms with Crippen LogP contribution in [0.4, 0.5) is 26.3 Å². The zero-order valence-corrected chi connectivity index (χ0v) is 20.7. The molecule has 0 fully saturated rings. The summed E-state index contributed by atoms with van der Waals surface area (Å²) in [6, 6.07) is 20.7. The zero-order chi connectivity index (χ0) is 27.7. The van der Waals surface area contributed by atoms with Gasteiger partial charge in [0.25, 0.3) is 0 Å². The first-order valence-electron chi connectivity index (χ1n) is 10.8. The molecule has 0 atom stereocenters. The summed E-state index contributed by atoms with van der Waals surface area (Å²) in [4.78, 5) is 13.2. The Labute approximate surface area is 211 Å². The highest BCUT2D eigenvalue weighted by Gasteiger charge is 2.77. The van der Waals surface area contributed by atoms with Crippen LogP contribution in [0.1, 0.15) is 20.8 Å². The van der Waals surface area contributed by atoms with E-state index in [4.69, 9.17) is 8.92 Å². The van der Waals surface area contributed by atoms with Gasteiger partial charge in [-0.25, -0.2) is 4.79 Å². The monoisotopic (exact) mass is 546 g/mol. The van der Waals surface area contributed by atoms with Crippen molar-refractivity contribution >= 4 is 16.3 Å². The van der Waals surface area contributed by atoms with Gasteiger partial charge in [0.2, 0.25) is 0 Å². The number of ether oxygens (including phenoxy) is 1. The summed E-state index contributed by atoms with van der Waals surface area (Å²) in [7, 11) is -3.56. The highest BCUT2D eigenvalue weighted by atomic mass is 32.3. The van der Waals surface area contributed by atoms with E-state index in [1.54, 1.807) is 32.9 Å². The average molecular weight is 547 g/mol. The van der Waals surface area contributed by atoms with Crippen LogP contribution in [-0.2, 0) is 8.98 Å². The summed E-state index contributed by atoms with van der Waals surface area (Å²) in [6.45, 7) is 5.38. The van der Waals surface area contributed by atoms with Crippen molar-refractivity contribution in [3.63, 3.8) is 0 Å². The van der Waals surface area contributed by atoms with Crippen molar-refractivity contribution in [3.8, 4) is 5.75 Å². The quantitative estimate of drug-likeness (QED) is 0.326. The van der Waals surface area contributed by atoms with E-state index in [0.29, 0.717) is 5.75 Å². The van der Waals surface area contributed by atoms with Crippen LogP contribution in [0, 0.1) is 0 Å². The van der Waals surface area contributed by atoms with Gasteiger partial charge in [-0.3, -0.25) is 0 Å². The van der Waals surface area contributed by atoms with Gasteiger partial charge in [0.05, 0.1) is 0 Å². The predicted octanol–water partition coefficient (Wildman–Crippen LogP) is 7.46. The lowest BCUT2D eigenvalue weighted by molar-refractivity contribution is -0.354. The first-order valence-corrected chi connectivity index (χ1v) is 12.4. The van der Waals surface area contributed by atoms with Crippen LogP contribution in [0.3, 0.4) is 0 Å². The van der Waals surface area contributed by atoms with Gasteiger partial charge in [0, 0.05) is 14.7 Å². The lowest BCUT2D eigenvalue weighted by Crippen LogP contribution is -2.63. The molecule has 0 aliphatic rings. The normalized spacial score (nSPS) is 13.7. The molecule has 37 heavy (non-hydrogen) atoms. The first-order chi connectivity index (χ1) is 17.0. The largest absolute Gasteiger partial charge is 0.488 e. The molecule has 200 valence electrons. The molecule has 0 radical (unpaired) electrons. The highest BCUT2D eigenvalue weighted by molar-refractivity contribution is 8.30. The Morgan fingerprint density at radius 3 is 1.41 bits per heavy atom. The highest BCUT2D eigenvalue weighted by Crippen LogP contribution is 2.70. The molecular formula is C26H24F6O4S. The second-order valence-corrected chi connectivity index (χ2v) is 11.6. The van der Waals surface area contributed by atoms with E-state index in [-0.39, 0.29) is 14.7 Å². The third-order valence-corrected chi connectivity index (χ3v) is 8.26. The number of alkyl halides is 6. The predicted molar refractivity (Wildman–Crippen MR) is 125 cm³/mol. The minimum absolute atomic E-state index is 0.103. The Kier molecular flexibility index (Phi) is 7.63. The van der Waals surface area contributed by atoms with Crippen LogP contribution in [0.2, 0.25) is 0 Å². The molecule has 0 unspecified atom stereocenters. The first kappa shape index (κ1) is 28.4. The van der Waals surface area contributed by atoms with Gasteiger partial charge >= 0.3 is 23.9 Å². The minimum Gasteiger partial charge on any atom is -0.488 e. The molecule has 0 spiro atoms. The fourth-order valence-corrected chi connectivity index (χ4v) is 6.45. The summed E-state index contributed by atoms with van der Waals surface area (Å²) in [6.07, 6.45) is -12.8. The van der Waals surface area contributed by atoms with Crippen molar-refractivity contribution in [2.24, 2.45) is 0 Å². The Bertz CT molecular complexity index is 1150. The maximum absolute atomic E-state index is 13.6. The van der Waals surface area contributed by atoms with E-state index < -0.39 is 39.8 Å². The Balaban J connectivity index is 2.30. The number of carbonyl (C=O) groups excluding carboxylic acids is 1. The Hall–Kier alpha value is -3.18. The van der Waals surface area contributed by atoms with Crippen LogP contribution in [0.25, 0.3) is 0 Å². The molecule has 0 saturated carbocycles. The van der Waals surface area contributed by atoms with E-state index in [1.807, 2.05) is 0 Å². The van der Waals surface area contributed by atoms with Crippen LogP contribution in [0.5, 0.6) is 5.75 Å². The maximum atomic E-state index is 13.6. The molecule has 1 N–H and O–H groups in total. The number of hydrogen-bond donors (Lipinski definition) is 1. The lowest BCUT2D eigenvalue weighted by atomic mass is 10.0. The molecule has 0 bridgehead atoms. The van der Waals surface area contributed by atoms with Crippen molar-refractivity contribution in [3.05, 3.63) is 84.9 Å². The molecule has 4 nitrogen and oxygen atoms in total. The maximum Gasteiger partial charge on any atom is 0.437 e. The van der Waals surface area contributed by atoms with Gasteiger partial charge in [-0.05, 0) is 79.6 Å². The summed E-state index contributed by atoms with van der Waals surface area (Å²) >= 11 is 0. The molecule has 3 rings (SSSR count). The van der Waals surface area contributed by atoms with Crippen molar-refractivity contribution < 1.29 is 45.2 Å². The van der Waals surface area contributed by atoms with Crippen LogP contribution >= 0.6 is 10.3 Å². The molecule has 3 aromatic carbocycles. The van der Waals surface area contributed by atoms with Crippen LogP contribution in [0.15, 0.2) is 99.6 Å². The summed E-state index contributed by atoms with van der Waals surface area (Å²) in [5, 5.41) is 9.80. The Morgan fingerprint density at radius 2 is 1.05 bits per heavy atom. The topological polar surface area (TPSA) is 55.8 Å². The number of halogens is 6. The zero-order valence-electron chi connectivity index (χ0n) is 19.9. The smallest absolute Gasteiger partial charge is 0.437 e. The van der Waals surface area contributed by atoms with E-state index in [9.17, 15) is 36.2 Å². The van der Waals surface area contributed by atoms with Crippen molar-refractivity contribution in [2.75, 3.05) is 0 Å². The van der Waals surface area contributed by atoms with E-state index in [1.165, 1.54) is 72.8 Å². The number of benzene rings is 3. The Morgan fingerprint density at radius 1 is 0.676 bits per heavy atom. The van der Waals surface area contributed by atoms with E-state index in [2.05, 4.69) is 0 Å². The molecular weight excluding hydrogens is 522 g/mol. The average Bonchev–Trinajstić information content (AvgIpc) is 2.81. The lowest BCUT2D eigenvalue weighted by Gasteiger charge is -2.42. The van der Waals surface area contributed by atoms with Crippen molar-refractivity contribution in [1.82, 2.24) is 0 Å². The van der Waals surface area contributed by atoms with Crippen molar-refractivity contribution in [1.29, 1.82) is 0 Å². The standard InChI is InChI=1S/C26H24F6O4S/c1-23(2,3)35-18-14-16-21(17-15-18)37(19-10-6-4-7-11-19,20-12-8-5-9-13-20)36-22(33)24(34,25(27,28)29)26(30,31)32/h4-17,34H,1-3H3. The minimum atomic E-state index is -6.40.